The molecule has 1 atom stereocenters. The quantitative estimate of drug-likeness (QED) is 0.0264. The molecule has 0 rings (SSSR count). The third kappa shape index (κ3) is 44.5. The molecule has 0 saturated carbocycles. The number of allylic oxidation sites excluding steroid dienone is 8. The minimum Gasteiger partial charge on any atom is -0.462 e. The molecule has 0 aliphatic heterocycles. The summed E-state index contributed by atoms with van der Waals surface area (Å²) in [5, 5.41) is 0. The first-order valence-corrected chi connectivity index (χ1v) is 24.6. The van der Waals surface area contributed by atoms with Crippen LogP contribution in [0.3, 0.4) is 0 Å². The summed E-state index contributed by atoms with van der Waals surface area (Å²) in [6.07, 6.45) is 55.8. The molecule has 0 saturated heterocycles. The van der Waals surface area contributed by atoms with Crippen LogP contribution in [-0.4, -0.2) is 37.2 Å². The summed E-state index contributed by atoms with van der Waals surface area (Å²) in [5.41, 5.74) is 0. The second kappa shape index (κ2) is 47.1. The maximum Gasteiger partial charge on any atom is 0.306 e. The number of hydrogen-bond acceptors (Lipinski definition) is 6. The van der Waals surface area contributed by atoms with Gasteiger partial charge in [0.25, 0.3) is 0 Å². The summed E-state index contributed by atoms with van der Waals surface area (Å²) >= 11 is 0. The number of ether oxygens (including phenoxy) is 3. The van der Waals surface area contributed by atoms with Crippen LogP contribution in [0, 0.1) is 0 Å². The van der Waals surface area contributed by atoms with Gasteiger partial charge in [-0.15, -0.1) is 0 Å². The molecule has 0 fully saturated rings. The predicted molar refractivity (Wildman–Crippen MR) is 247 cm³/mol. The molecule has 0 spiro atoms. The van der Waals surface area contributed by atoms with E-state index in [2.05, 4.69) is 69.4 Å². The fourth-order valence-electron chi connectivity index (χ4n) is 6.90. The molecule has 0 aromatic rings. The topological polar surface area (TPSA) is 78.9 Å². The Hall–Kier alpha value is -2.63. The number of esters is 3. The van der Waals surface area contributed by atoms with Crippen LogP contribution in [0.25, 0.3) is 0 Å². The van der Waals surface area contributed by atoms with Gasteiger partial charge in [0.05, 0.1) is 0 Å². The van der Waals surface area contributed by atoms with E-state index in [1.807, 2.05) is 0 Å². The van der Waals surface area contributed by atoms with E-state index in [9.17, 15) is 14.4 Å². The van der Waals surface area contributed by atoms with E-state index in [0.717, 1.165) is 89.9 Å². The molecule has 6 heteroatoms. The third-order valence-corrected chi connectivity index (χ3v) is 10.6. The van der Waals surface area contributed by atoms with Crippen molar-refractivity contribution in [1.82, 2.24) is 0 Å². The van der Waals surface area contributed by atoms with Gasteiger partial charge >= 0.3 is 17.9 Å². The monoisotopic (exact) mass is 813 g/mol. The van der Waals surface area contributed by atoms with Gasteiger partial charge < -0.3 is 14.2 Å². The number of hydrogen-bond donors (Lipinski definition) is 0. The lowest BCUT2D eigenvalue weighted by Gasteiger charge is -2.18. The Morgan fingerprint density at radius 1 is 0.362 bits per heavy atom. The molecule has 0 aromatic carbocycles. The van der Waals surface area contributed by atoms with Crippen molar-refractivity contribution in [3.8, 4) is 0 Å². The van der Waals surface area contributed by atoms with Crippen molar-refractivity contribution in [3.63, 3.8) is 0 Å². The van der Waals surface area contributed by atoms with Gasteiger partial charge in [-0.3, -0.25) is 14.4 Å². The van der Waals surface area contributed by atoms with Crippen LogP contribution in [0.5, 0.6) is 0 Å². The molecule has 336 valence electrons. The number of carbonyl (C=O) groups is 3. The molecule has 0 radical (unpaired) electrons. The molecule has 0 aromatic heterocycles. The zero-order valence-corrected chi connectivity index (χ0v) is 38.3. The van der Waals surface area contributed by atoms with Gasteiger partial charge in [0.15, 0.2) is 6.10 Å². The van der Waals surface area contributed by atoms with Gasteiger partial charge in [0.1, 0.15) is 13.2 Å². The van der Waals surface area contributed by atoms with Gasteiger partial charge in [-0.25, -0.2) is 0 Å². The lowest BCUT2D eigenvalue weighted by atomic mass is 10.0. The summed E-state index contributed by atoms with van der Waals surface area (Å²) in [4.78, 5) is 37.4. The number of carbonyl (C=O) groups excluding carboxylic acids is 3. The maximum absolute atomic E-state index is 12.6. The molecule has 0 amide bonds. The Kier molecular flexibility index (Phi) is 44.9. The Balaban J connectivity index is 3.94. The van der Waals surface area contributed by atoms with Crippen molar-refractivity contribution in [3.05, 3.63) is 48.6 Å². The average molecular weight is 813 g/mol. The zero-order chi connectivity index (χ0) is 42.3. The lowest BCUT2D eigenvalue weighted by Crippen LogP contribution is -2.30. The highest BCUT2D eigenvalue weighted by atomic mass is 16.6. The Labute approximate surface area is 358 Å². The van der Waals surface area contributed by atoms with E-state index in [0.29, 0.717) is 19.3 Å². The van der Waals surface area contributed by atoms with E-state index >= 15 is 0 Å². The van der Waals surface area contributed by atoms with Gasteiger partial charge in [-0.2, -0.15) is 0 Å². The van der Waals surface area contributed by atoms with Crippen molar-refractivity contribution >= 4 is 17.9 Å². The number of unbranched alkanes of at least 4 members (excludes halogenated alkanes) is 25. The van der Waals surface area contributed by atoms with E-state index in [1.165, 1.54) is 116 Å². The first-order valence-electron chi connectivity index (χ1n) is 24.6. The molecule has 0 N–H and O–H groups in total. The van der Waals surface area contributed by atoms with E-state index in [4.69, 9.17) is 14.2 Å². The normalized spacial score (nSPS) is 12.4. The van der Waals surface area contributed by atoms with E-state index in [-0.39, 0.29) is 31.1 Å². The van der Waals surface area contributed by atoms with Crippen LogP contribution in [-0.2, 0) is 28.6 Å². The largest absolute Gasteiger partial charge is 0.462 e. The van der Waals surface area contributed by atoms with Gasteiger partial charge in [-0.05, 0) is 57.8 Å². The second-order valence-corrected chi connectivity index (χ2v) is 16.4. The van der Waals surface area contributed by atoms with Crippen LogP contribution in [0.1, 0.15) is 245 Å². The van der Waals surface area contributed by atoms with Crippen LogP contribution in [0.2, 0.25) is 0 Å². The standard InChI is InChI=1S/C52H92O6/c1-4-7-10-13-15-17-18-19-20-21-22-23-24-25-26-27-28-29-30-31-32-33-34-35-37-39-42-45-51(54)57-48-49(47-56-50(53)44-41-38-12-9-6-3)58-52(55)46-43-40-36-16-14-11-8-5-2/h7,10,15,17,19-20,22-23,49H,4-6,8-9,11-14,16,18,21,24-48H2,1-3H3/b10-7-,17-15-,20-19-,23-22-. The molecule has 6 nitrogen and oxygen atoms in total. The lowest BCUT2D eigenvalue weighted by molar-refractivity contribution is -0.167. The van der Waals surface area contributed by atoms with Crippen LogP contribution in [0.4, 0.5) is 0 Å². The maximum atomic E-state index is 12.6. The summed E-state index contributed by atoms with van der Waals surface area (Å²) < 4.78 is 16.6. The van der Waals surface area contributed by atoms with Gasteiger partial charge in [0.2, 0.25) is 0 Å². The average Bonchev–Trinajstić information content (AvgIpc) is 3.22. The Morgan fingerprint density at radius 2 is 0.672 bits per heavy atom. The minimum atomic E-state index is -0.762. The zero-order valence-electron chi connectivity index (χ0n) is 38.3. The van der Waals surface area contributed by atoms with Crippen LogP contribution < -0.4 is 0 Å². The van der Waals surface area contributed by atoms with Crippen LogP contribution >= 0.6 is 0 Å². The van der Waals surface area contributed by atoms with E-state index in [1.54, 1.807) is 0 Å². The van der Waals surface area contributed by atoms with Crippen molar-refractivity contribution in [2.45, 2.75) is 252 Å². The van der Waals surface area contributed by atoms with Gasteiger partial charge in [0, 0.05) is 19.3 Å². The highest BCUT2D eigenvalue weighted by Gasteiger charge is 2.19. The predicted octanol–water partition coefficient (Wildman–Crippen LogP) is 15.9. The fourth-order valence-corrected chi connectivity index (χ4v) is 6.90. The first-order chi connectivity index (χ1) is 28.5. The summed E-state index contributed by atoms with van der Waals surface area (Å²) in [5.74, 6) is -0.887. The van der Waals surface area contributed by atoms with Crippen molar-refractivity contribution in [1.29, 1.82) is 0 Å². The van der Waals surface area contributed by atoms with Crippen LogP contribution in [0.15, 0.2) is 48.6 Å². The molecule has 0 bridgehead atoms. The smallest absolute Gasteiger partial charge is 0.306 e. The molecule has 1 unspecified atom stereocenters. The Bertz CT molecular complexity index is 1030. The van der Waals surface area contributed by atoms with Crippen molar-refractivity contribution in [2.75, 3.05) is 13.2 Å². The van der Waals surface area contributed by atoms with Gasteiger partial charge in [-0.1, -0.05) is 217 Å². The molecular formula is C52H92O6. The second-order valence-electron chi connectivity index (χ2n) is 16.4. The van der Waals surface area contributed by atoms with Crippen molar-refractivity contribution in [2.24, 2.45) is 0 Å². The van der Waals surface area contributed by atoms with E-state index < -0.39 is 6.10 Å². The third-order valence-electron chi connectivity index (χ3n) is 10.6. The SMILES string of the molecule is CC/C=C\C/C=C\C/C=C\C/C=C\CCCCCCCCCCCCCCCCC(=O)OCC(COC(=O)CCCCCCC)OC(=O)CCCCCCCCCC. The Morgan fingerprint density at radius 3 is 1.05 bits per heavy atom. The number of rotatable bonds is 44. The summed E-state index contributed by atoms with van der Waals surface area (Å²) in [6.45, 7) is 6.41. The molecule has 0 heterocycles. The summed E-state index contributed by atoms with van der Waals surface area (Å²) in [7, 11) is 0. The molecule has 58 heavy (non-hydrogen) atoms. The fraction of sp³-hybridized carbons (Fsp3) is 0.788. The van der Waals surface area contributed by atoms with Crippen molar-refractivity contribution < 1.29 is 28.6 Å². The summed E-state index contributed by atoms with van der Waals surface area (Å²) in [6, 6.07) is 0. The first kappa shape index (κ1) is 55.4. The minimum absolute atomic E-state index is 0.0710. The highest BCUT2D eigenvalue weighted by molar-refractivity contribution is 5.71. The molecule has 0 aliphatic carbocycles. The molecule has 0 aliphatic rings. The highest BCUT2D eigenvalue weighted by Crippen LogP contribution is 2.15. The molecular weight excluding hydrogens is 721 g/mol.